The highest BCUT2D eigenvalue weighted by Gasteiger charge is 2.26. The van der Waals surface area contributed by atoms with Gasteiger partial charge in [-0.15, -0.1) is 0 Å². The van der Waals surface area contributed by atoms with Gasteiger partial charge in [0.25, 0.3) is 0 Å². The van der Waals surface area contributed by atoms with Crippen molar-refractivity contribution in [2.24, 2.45) is 0 Å². The number of halogens is 1. The van der Waals surface area contributed by atoms with E-state index in [1.807, 2.05) is 13.8 Å². The van der Waals surface area contributed by atoms with Crippen LogP contribution in [0.25, 0.3) is 0 Å². The van der Waals surface area contributed by atoms with E-state index < -0.39 is 5.82 Å². The molecule has 1 aromatic carbocycles. The minimum absolute atomic E-state index is 0.0243. The average molecular weight is 269 g/mol. The maximum atomic E-state index is 13.5. The van der Waals surface area contributed by atoms with Gasteiger partial charge in [-0.05, 0) is 13.8 Å². The zero-order chi connectivity index (χ0) is 14.0. The minimum atomic E-state index is -0.485. The fraction of sp³-hybridized carbons (Fsp3) is 0.571. The SMILES string of the molecule is COc1cc(OC2CC(C)OC(C)C2)c(N)cc1F. The molecule has 4 nitrogen and oxygen atoms in total. The summed E-state index contributed by atoms with van der Waals surface area (Å²) in [5.41, 5.74) is 6.06. The lowest BCUT2D eigenvalue weighted by atomic mass is 10.0. The normalized spacial score (nSPS) is 27.1. The molecule has 0 amide bonds. The van der Waals surface area contributed by atoms with E-state index in [1.165, 1.54) is 19.2 Å². The Morgan fingerprint density at radius 2 is 1.84 bits per heavy atom. The van der Waals surface area contributed by atoms with Gasteiger partial charge in [-0.3, -0.25) is 0 Å². The number of methoxy groups -OCH3 is 1. The first kappa shape index (κ1) is 13.9. The Hall–Kier alpha value is -1.49. The molecule has 1 saturated heterocycles. The molecule has 0 bridgehead atoms. The van der Waals surface area contributed by atoms with Gasteiger partial charge in [0, 0.05) is 25.0 Å². The first-order chi connectivity index (χ1) is 8.99. The lowest BCUT2D eigenvalue weighted by Gasteiger charge is -2.32. The molecule has 0 saturated carbocycles. The molecule has 0 aliphatic carbocycles. The molecule has 5 heteroatoms. The molecule has 1 aliphatic heterocycles. The Morgan fingerprint density at radius 3 is 2.42 bits per heavy atom. The van der Waals surface area contributed by atoms with E-state index in [1.54, 1.807) is 0 Å². The number of anilines is 1. The van der Waals surface area contributed by atoms with Crippen LogP contribution in [0.2, 0.25) is 0 Å². The zero-order valence-electron chi connectivity index (χ0n) is 11.5. The molecule has 19 heavy (non-hydrogen) atoms. The molecule has 106 valence electrons. The summed E-state index contributed by atoms with van der Waals surface area (Å²) in [6, 6.07) is 2.72. The second-order valence-corrected chi connectivity index (χ2v) is 4.99. The fourth-order valence-electron chi connectivity index (χ4n) is 2.43. The molecule has 2 unspecified atom stereocenters. The van der Waals surface area contributed by atoms with Crippen LogP contribution in [0.1, 0.15) is 26.7 Å². The zero-order valence-corrected chi connectivity index (χ0v) is 11.5. The molecule has 1 aliphatic rings. The first-order valence-corrected chi connectivity index (χ1v) is 6.44. The van der Waals surface area contributed by atoms with Crippen LogP contribution < -0.4 is 15.2 Å². The van der Waals surface area contributed by atoms with E-state index in [0.717, 1.165) is 12.8 Å². The van der Waals surface area contributed by atoms with Gasteiger partial charge in [0.2, 0.25) is 0 Å². The fourth-order valence-corrected chi connectivity index (χ4v) is 2.43. The standard InChI is InChI=1S/C14H20FNO3/c1-8-4-10(5-9(2)18-8)19-14-7-13(17-3)11(15)6-12(14)16/h6-10H,4-5,16H2,1-3H3. The van der Waals surface area contributed by atoms with E-state index in [4.69, 9.17) is 19.9 Å². The Morgan fingerprint density at radius 1 is 1.21 bits per heavy atom. The van der Waals surface area contributed by atoms with Crippen molar-refractivity contribution in [3.05, 3.63) is 17.9 Å². The molecule has 2 atom stereocenters. The average Bonchev–Trinajstić information content (AvgIpc) is 2.31. The van der Waals surface area contributed by atoms with Crippen molar-refractivity contribution in [3.63, 3.8) is 0 Å². The van der Waals surface area contributed by atoms with Crippen LogP contribution >= 0.6 is 0 Å². The highest BCUT2D eigenvalue weighted by Crippen LogP contribution is 2.33. The monoisotopic (exact) mass is 269 g/mol. The molecule has 2 N–H and O–H groups in total. The number of nitrogens with two attached hydrogens (primary N) is 1. The van der Waals surface area contributed by atoms with Gasteiger partial charge in [0.15, 0.2) is 11.6 Å². The van der Waals surface area contributed by atoms with Gasteiger partial charge in [0.05, 0.1) is 25.0 Å². The van der Waals surface area contributed by atoms with Crippen molar-refractivity contribution >= 4 is 5.69 Å². The summed E-state index contributed by atoms with van der Waals surface area (Å²) < 4.78 is 29.9. The number of nitrogen functional groups attached to an aromatic ring is 1. The van der Waals surface area contributed by atoms with Crippen molar-refractivity contribution in [1.82, 2.24) is 0 Å². The summed E-state index contributed by atoms with van der Waals surface area (Å²) in [4.78, 5) is 0. The summed E-state index contributed by atoms with van der Waals surface area (Å²) in [5, 5.41) is 0. The summed E-state index contributed by atoms with van der Waals surface area (Å²) >= 11 is 0. The third-order valence-corrected chi connectivity index (χ3v) is 3.23. The second kappa shape index (κ2) is 5.65. The molecular weight excluding hydrogens is 249 g/mol. The van der Waals surface area contributed by atoms with Gasteiger partial charge in [0.1, 0.15) is 11.9 Å². The molecule has 2 rings (SSSR count). The van der Waals surface area contributed by atoms with Crippen LogP contribution in [-0.4, -0.2) is 25.4 Å². The van der Waals surface area contributed by atoms with Gasteiger partial charge < -0.3 is 19.9 Å². The molecule has 0 radical (unpaired) electrons. The van der Waals surface area contributed by atoms with Gasteiger partial charge >= 0.3 is 0 Å². The molecule has 0 aromatic heterocycles. The third kappa shape index (κ3) is 3.29. The third-order valence-electron chi connectivity index (χ3n) is 3.23. The topological polar surface area (TPSA) is 53.7 Å². The molecular formula is C14H20FNO3. The van der Waals surface area contributed by atoms with E-state index >= 15 is 0 Å². The maximum Gasteiger partial charge on any atom is 0.167 e. The summed E-state index contributed by atoms with van der Waals surface area (Å²) in [5.74, 6) is 0.114. The molecule has 1 heterocycles. The predicted molar refractivity (Wildman–Crippen MR) is 71.0 cm³/mol. The van der Waals surface area contributed by atoms with E-state index in [9.17, 15) is 4.39 Å². The first-order valence-electron chi connectivity index (χ1n) is 6.44. The van der Waals surface area contributed by atoms with Crippen molar-refractivity contribution in [2.75, 3.05) is 12.8 Å². The highest BCUT2D eigenvalue weighted by molar-refractivity contribution is 5.56. The quantitative estimate of drug-likeness (QED) is 0.857. The number of hydrogen-bond acceptors (Lipinski definition) is 4. The number of rotatable bonds is 3. The van der Waals surface area contributed by atoms with Crippen LogP contribution in [0.3, 0.4) is 0 Å². The summed E-state index contributed by atoms with van der Waals surface area (Å²) in [6.07, 6.45) is 1.92. The van der Waals surface area contributed by atoms with Crippen LogP contribution in [0.4, 0.5) is 10.1 Å². The largest absolute Gasteiger partial charge is 0.494 e. The number of hydrogen-bond donors (Lipinski definition) is 1. The lowest BCUT2D eigenvalue weighted by Crippen LogP contribution is -2.35. The van der Waals surface area contributed by atoms with E-state index in [-0.39, 0.29) is 29.7 Å². The molecule has 1 fully saturated rings. The smallest absolute Gasteiger partial charge is 0.167 e. The van der Waals surface area contributed by atoms with Crippen LogP contribution in [0.5, 0.6) is 11.5 Å². The van der Waals surface area contributed by atoms with Gasteiger partial charge in [-0.2, -0.15) is 0 Å². The van der Waals surface area contributed by atoms with Crippen molar-refractivity contribution in [2.45, 2.75) is 45.0 Å². The van der Waals surface area contributed by atoms with Crippen molar-refractivity contribution < 1.29 is 18.6 Å². The number of benzene rings is 1. The van der Waals surface area contributed by atoms with Crippen LogP contribution in [0, 0.1) is 5.82 Å². The summed E-state index contributed by atoms with van der Waals surface area (Å²) in [6.45, 7) is 4.03. The second-order valence-electron chi connectivity index (χ2n) is 4.99. The van der Waals surface area contributed by atoms with E-state index in [0.29, 0.717) is 5.75 Å². The summed E-state index contributed by atoms with van der Waals surface area (Å²) in [7, 11) is 1.41. The van der Waals surface area contributed by atoms with Crippen LogP contribution in [-0.2, 0) is 4.74 Å². The Bertz CT molecular complexity index is 443. The minimum Gasteiger partial charge on any atom is -0.494 e. The highest BCUT2D eigenvalue weighted by atomic mass is 19.1. The van der Waals surface area contributed by atoms with Crippen molar-refractivity contribution in [1.29, 1.82) is 0 Å². The Labute approximate surface area is 112 Å². The molecule has 1 aromatic rings. The maximum absolute atomic E-state index is 13.5. The number of ether oxygens (including phenoxy) is 3. The van der Waals surface area contributed by atoms with Crippen LogP contribution in [0.15, 0.2) is 12.1 Å². The van der Waals surface area contributed by atoms with Gasteiger partial charge in [-0.25, -0.2) is 4.39 Å². The lowest BCUT2D eigenvalue weighted by molar-refractivity contribution is -0.0720. The predicted octanol–water partition coefficient (Wildman–Crippen LogP) is 2.75. The molecule has 0 spiro atoms. The van der Waals surface area contributed by atoms with Gasteiger partial charge in [-0.1, -0.05) is 0 Å². The Kier molecular flexibility index (Phi) is 4.14. The van der Waals surface area contributed by atoms with Crippen molar-refractivity contribution in [3.8, 4) is 11.5 Å². The van der Waals surface area contributed by atoms with E-state index in [2.05, 4.69) is 0 Å². The Balaban J connectivity index is 2.14.